The molecule has 1 heterocycles. The smallest absolute Gasteiger partial charge is 0.213 e. The first-order chi connectivity index (χ1) is 8.53. The van der Waals surface area contributed by atoms with Gasteiger partial charge in [-0.05, 0) is 36.3 Å². The Bertz CT molecular complexity index is 479. The number of rotatable bonds is 4. The van der Waals surface area contributed by atoms with E-state index in [0.717, 1.165) is 17.0 Å². The largest absolute Gasteiger partial charge is 0.381 e. The van der Waals surface area contributed by atoms with Crippen molar-refractivity contribution in [3.05, 3.63) is 29.8 Å². The maximum absolute atomic E-state index is 11.0. The van der Waals surface area contributed by atoms with E-state index >= 15 is 0 Å². The van der Waals surface area contributed by atoms with E-state index in [-0.39, 0.29) is 5.75 Å². The third-order valence-electron chi connectivity index (χ3n) is 2.85. The number of anilines is 1. The molecule has 1 fully saturated rings. The topological polar surface area (TPSA) is 72.2 Å². The van der Waals surface area contributed by atoms with E-state index < -0.39 is 10.0 Å². The van der Waals surface area contributed by atoms with Crippen LogP contribution in [0.25, 0.3) is 0 Å². The van der Waals surface area contributed by atoms with Crippen molar-refractivity contribution in [3.63, 3.8) is 0 Å². The van der Waals surface area contributed by atoms with Crippen LogP contribution in [0.4, 0.5) is 5.69 Å². The summed E-state index contributed by atoms with van der Waals surface area (Å²) in [5, 5.41) is 8.48. The minimum atomic E-state index is -3.44. The lowest BCUT2D eigenvalue weighted by molar-refractivity contribution is 0.597. The van der Waals surface area contributed by atoms with Gasteiger partial charge < -0.3 is 5.32 Å². The predicted octanol–water partition coefficient (Wildman–Crippen LogP) is 1.78. The SMILES string of the molecule is NS(=O)(=O)Cc1ccc(NC2CCCSC2)cc1. The predicted molar refractivity (Wildman–Crippen MR) is 77.2 cm³/mol. The lowest BCUT2D eigenvalue weighted by Gasteiger charge is -2.23. The van der Waals surface area contributed by atoms with E-state index in [9.17, 15) is 8.42 Å². The number of nitrogens with two attached hydrogens (primary N) is 1. The molecule has 0 bridgehead atoms. The second-order valence-electron chi connectivity index (χ2n) is 4.56. The minimum absolute atomic E-state index is 0.105. The standard InChI is InChI=1S/C12H18N2O2S2/c13-18(15,16)9-10-3-5-11(6-4-10)14-12-2-1-7-17-8-12/h3-6,12,14H,1-2,7-9H2,(H2,13,15,16). The van der Waals surface area contributed by atoms with Crippen molar-refractivity contribution in [1.29, 1.82) is 0 Å². The molecule has 0 amide bonds. The molecule has 1 aliphatic rings. The van der Waals surface area contributed by atoms with E-state index in [1.54, 1.807) is 0 Å². The third-order valence-corrected chi connectivity index (χ3v) is 4.80. The molecular weight excluding hydrogens is 268 g/mol. The summed E-state index contributed by atoms with van der Waals surface area (Å²) in [6.45, 7) is 0. The molecule has 0 aliphatic carbocycles. The Balaban J connectivity index is 1.94. The molecule has 0 saturated carbocycles. The summed E-state index contributed by atoms with van der Waals surface area (Å²) in [6, 6.07) is 7.97. The molecule has 100 valence electrons. The maximum Gasteiger partial charge on any atom is 0.213 e. The van der Waals surface area contributed by atoms with Crippen LogP contribution in [0.5, 0.6) is 0 Å². The number of nitrogens with one attached hydrogen (secondary N) is 1. The highest BCUT2D eigenvalue weighted by Crippen LogP contribution is 2.21. The van der Waals surface area contributed by atoms with E-state index in [1.165, 1.54) is 18.6 Å². The van der Waals surface area contributed by atoms with Crippen molar-refractivity contribution in [2.45, 2.75) is 24.6 Å². The number of hydrogen-bond acceptors (Lipinski definition) is 4. The van der Waals surface area contributed by atoms with Crippen molar-refractivity contribution in [2.24, 2.45) is 5.14 Å². The molecule has 18 heavy (non-hydrogen) atoms. The van der Waals surface area contributed by atoms with Crippen molar-refractivity contribution in [1.82, 2.24) is 0 Å². The molecule has 3 N–H and O–H groups in total. The summed E-state index contributed by atoms with van der Waals surface area (Å²) >= 11 is 1.97. The van der Waals surface area contributed by atoms with Crippen molar-refractivity contribution < 1.29 is 8.42 Å². The summed E-state index contributed by atoms with van der Waals surface area (Å²) in [4.78, 5) is 0. The first kappa shape index (κ1) is 13.7. The average Bonchev–Trinajstić information content (AvgIpc) is 2.31. The Morgan fingerprint density at radius 2 is 2.06 bits per heavy atom. The van der Waals surface area contributed by atoms with Gasteiger partial charge >= 0.3 is 0 Å². The van der Waals surface area contributed by atoms with Gasteiger partial charge in [-0.15, -0.1) is 0 Å². The number of thioether (sulfide) groups is 1. The Morgan fingerprint density at radius 1 is 1.33 bits per heavy atom. The Morgan fingerprint density at radius 3 is 2.61 bits per heavy atom. The van der Waals surface area contributed by atoms with Crippen LogP contribution in [0.2, 0.25) is 0 Å². The van der Waals surface area contributed by atoms with Gasteiger partial charge in [-0.3, -0.25) is 0 Å². The van der Waals surface area contributed by atoms with Crippen LogP contribution in [0.3, 0.4) is 0 Å². The van der Waals surface area contributed by atoms with Gasteiger partial charge in [0.1, 0.15) is 0 Å². The maximum atomic E-state index is 11.0. The number of primary sulfonamides is 1. The van der Waals surface area contributed by atoms with Crippen LogP contribution in [0.15, 0.2) is 24.3 Å². The first-order valence-electron chi connectivity index (χ1n) is 5.97. The number of hydrogen-bond donors (Lipinski definition) is 2. The normalized spacial score (nSPS) is 20.6. The summed E-state index contributed by atoms with van der Waals surface area (Å²) < 4.78 is 21.9. The molecule has 6 heteroatoms. The van der Waals surface area contributed by atoms with E-state index in [0.29, 0.717) is 6.04 Å². The monoisotopic (exact) mass is 286 g/mol. The van der Waals surface area contributed by atoms with Gasteiger partial charge in [-0.25, -0.2) is 13.6 Å². The van der Waals surface area contributed by atoms with Gasteiger partial charge in [-0.1, -0.05) is 12.1 Å². The van der Waals surface area contributed by atoms with Crippen molar-refractivity contribution in [2.75, 3.05) is 16.8 Å². The van der Waals surface area contributed by atoms with E-state index in [4.69, 9.17) is 5.14 Å². The summed E-state index contributed by atoms with van der Waals surface area (Å²) in [5.74, 6) is 2.29. The fourth-order valence-corrected chi connectivity index (χ4v) is 3.75. The third kappa shape index (κ3) is 4.51. The second-order valence-corrected chi connectivity index (χ2v) is 7.33. The zero-order valence-electron chi connectivity index (χ0n) is 10.1. The molecule has 0 radical (unpaired) electrons. The Hall–Kier alpha value is -0.720. The Kier molecular flexibility index (Phi) is 4.53. The molecule has 1 aromatic carbocycles. The molecule has 2 rings (SSSR count). The molecule has 0 spiro atoms. The quantitative estimate of drug-likeness (QED) is 0.885. The molecule has 4 nitrogen and oxygen atoms in total. The van der Waals surface area contributed by atoms with Gasteiger partial charge in [0.25, 0.3) is 0 Å². The van der Waals surface area contributed by atoms with Gasteiger partial charge in [0.15, 0.2) is 0 Å². The van der Waals surface area contributed by atoms with Crippen LogP contribution < -0.4 is 10.5 Å². The first-order valence-corrected chi connectivity index (χ1v) is 8.84. The highest BCUT2D eigenvalue weighted by Gasteiger charge is 2.13. The van der Waals surface area contributed by atoms with E-state index in [1.807, 2.05) is 36.0 Å². The fourth-order valence-electron chi connectivity index (χ4n) is 2.02. The molecule has 1 aromatic rings. The van der Waals surface area contributed by atoms with Gasteiger partial charge in [0.2, 0.25) is 10.0 Å². The van der Waals surface area contributed by atoms with Crippen LogP contribution in [-0.4, -0.2) is 26.0 Å². The number of sulfonamides is 1. The van der Waals surface area contributed by atoms with Gasteiger partial charge in [-0.2, -0.15) is 11.8 Å². The molecular formula is C12H18N2O2S2. The zero-order valence-corrected chi connectivity index (χ0v) is 11.8. The molecule has 1 saturated heterocycles. The fraction of sp³-hybridized carbons (Fsp3) is 0.500. The average molecular weight is 286 g/mol. The molecule has 0 aromatic heterocycles. The summed E-state index contributed by atoms with van der Waals surface area (Å²) in [5.41, 5.74) is 1.77. The van der Waals surface area contributed by atoms with Gasteiger partial charge in [0, 0.05) is 17.5 Å². The molecule has 1 unspecified atom stereocenters. The van der Waals surface area contributed by atoms with Crippen LogP contribution >= 0.6 is 11.8 Å². The Labute approximate surface area is 112 Å². The highest BCUT2D eigenvalue weighted by atomic mass is 32.2. The van der Waals surface area contributed by atoms with E-state index in [2.05, 4.69) is 5.32 Å². The van der Waals surface area contributed by atoms with Crippen LogP contribution in [0.1, 0.15) is 18.4 Å². The summed E-state index contributed by atoms with van der Waals surface area (Å²) in [7, 11) is -3.44. The lowest BCUT2D eigenvalue weighted by atomic mass is 10.1. The minimum Gasteiger partial charge on any atom is -0.381 e. The highest BCUT2D eigenvalue weighted by molar-refractivity contribution is 7.99. The van der Waals surface area contributed by atoms with Crippen LogP contribution in [0, 0.1) is 0 Å². The number of benzene rings is 1. The summed E-state index contributed by atoms with van der Waals surface area (Å²) in [6.07, 6.45) is 2.46. The van der Waals surface area contributed by atoms with Gasteiger partial charge in [0.05, 0.1) is 5.75 Å². The van der Waals surface area contributed by atoms with Crippen LogP contribution in [-0.2, 0) is 15.8 Å². The van der Waals surface area contributed by atoms with Crippen molar-refractivity contribution >= 4 is 27.5 Å². The molecule has 1 aliphatic heterocycles. The lowest BCUT2D eigenvalue weighted by Crippen LogP contribution is -2.25. The molecule has 1 atom stereocenters. The second kappa shape index (κ2) is 5.95. The van der Waals surface area contributed by atoms with Crippen molar-refractivity contribution in [3.8, 4) is 0 Å². The zero-order chi connectivity index (χ0) is 13.0.